The van der Waals surface area contributed by atoms with Crippen LogP contribution in [0.25, 0.3) is 21.8 Å². The van der Waals surface area contributed by atoms with Crippen LogP contribution in [0.3, 0.4) is 0 Å². The molecule has 28 heavy (non-hydrogen) atoms. The fraction of sp³-hybridized carbons (Fsp3) is 0.316. The van der Waals surface area contributed by atoms with Crippen molar-refractivity contribution < 1.29 is 14.8 Å². The summed E-state index contributed by atoms with van der Waals surface area (Å²) in [6.45, 7) is 4.48. The van der Waals surface area contributed by atoms with Crippen LogP contribution in [0.15, 0.2) is 35.1 Å². The van der Waals surface area contributed by atoms with Crippen LogP contribution >= 0.6 is 0 Å². The summed E-state index contributed by atoms with van der Waals surface area (Å²) in [6, 6.07) is 7.28. The molecule has 1 aromatic heterocycles. The zero-order valence-electron chi connectivity index (χ0n) is 15.1. The van der Waals surface area contributed by atoms with Gasteiger partial charge >= 0.3 is 0 Å². The number of ether oxygens (including phenoxy) is 1. The van der Waals surface area contributed by atoms with Crippen molar-refractivity contribution in [2.45, 2.75) is 0 Å². The predicted molar refractivity (Wildman–Crippen MR) is 106 cm³/mol. The molecule has 0 amide bonds. The molecular weight excluding hydrogens is 364 g/mol. The van der Waals surface area contributed by atoms with E-state index in [9.17, 15) is 20.0 Å². The summed E-state index contributed by atoms with van der Waals surface area (Å²) >= 11 is 0. The molecule has 1 saturated heterocycles. The number of hydrogen-bond donors (Lipinski definition) is 3. The van der Waals surface area contributed by atoms with Gasteiger partial charge < -0.3 is 20.1 Å². The second-order valence-corrected chi connectivity index (χ2v) is 6.70. The SMILES string of the molecule is O=c1c2cc(O)ccc2[nH]c2c([N+](=O)[O-])ccc(NCCN3CCOCC3)c12. The van der Waals surface area contributed by atoms with E-state index in [4.69, 9.17) is 4.74 Å². The van der Waals surface area contributed by atoms with Crippen molar-refractivity contribution in [1.82, 2.24) is 9.88 Å². The average molecular weight is 384 g/mol. The number of nitro benzene ring substituents is 1. The molecule has 0 spiro atoms. The summed E-state index contributed by atoms with van der Waals surface area (Å²) in [5, 5.41) is 24.9. The van der Waals surface area contributed by atoms with Gasteiger partial charge in [0.25, 0.3) is 5.69 Å². The van der Waals surface area contributed by atoms with Crippen LogP contribution in [0.5, 0.6) is 5.75 Å². The Bertz CT molecular complexity index is 1100. The fourth-order valence-corrected chi connectivity index (χ4v) is 3.53. The summed E-state index contributed by atoms with van der Waals surface area (Å²) in [6.07, 6.45) is 0. The molecule has 3 N–H and O–H groups in total. The molecule has 9 heteroatoms. The van der Waals surface area contributed by atoms with E-state index in [1.807, 2.05) is 0 Å². The first kappa shape index (κ1) is 18.2. The van der Waals surface area contributed by atoms with Gasteiger partial charge in [0, 0.05) is 43.3 Å². The molecule has 9 nitrogen and oxygen atoms in total. The van der Waals surface area contributed by atoms with Gasteiger partial charge in [-0.25, -0.2) is 0 Å². The minimum absolute atomic E-state index is 0.0374. The zero-order chi connectivity index (χ0) is 19.7. The largest absolute Gasteiger partial charge is 0.508 e. The van der Waals surface area contributed by atoms with E-state index in [2.05, 4.69) is 15.2 Å². The number of anilines is 1. The van der Waals surface area contributed by atoms with E-state index < -0.39 is 4.92 Å². The van der Waals surface area contributed by atoms with Gasteiger partial charge in [-0.1, -0.05) is 0 Å². The summed E-state index contributed by atoms with van der Waals surface area (Å²) in [7, 11) is 0. The number of fused-ring (bicyclic) bond motifs is 2. The topological polar surface area (TPSA) is 121 Å². The van der Waals surface area contributed by atoms with Gasteiger partial charge in [0.05, 0.1) is 29.0 Å². The Morgan fingerprint density at radius 2 is 2.04 bits per heavy atom. The Labute approximate surface area is 159 Å². The lowest BCUT2D eigenvalue weighted by Gasteiger charge is -2.26. The molecule has 4 rings (SSSR count). The third-order valence-electron chi connectivity index (χ3n) is 4.96. The summed E-state index contributed by atoms with van der Waals surface area (Å²) in [4.78, 5) is 29.3. The monoisotopic (exact) mass is 384 g/mol. The summed E-state index contributed by atoms with van der Waals surface area (Å²) in [5.41, 5.74) is 0.604. The van der Waals surface area contributed by atoms with Crippen molar-refractivity contribution in [3.63, 3.8) is 0 Å². The van der Waals surface area contributed by atoms with E-state index in [1.54, 1.807) is 6.07 Å². The third kappa shape index (κ3) is 3.37. The number of phenols is 1. The molecule has 0 aliphatic carbocycles. The standard InChI is InChI=1S/C19H20N4O5/c24-12-1-2-14-13(11-12)19(25)17-15(3-4-16(23(26)27)18(17)21-14)20-5-6-22-7-9-28-10-8-22/h1-4,11,20,24H,5-10H2,(H,21,25). The molecule has 1 aliphatic heterocycles. The Kier molecular flexibility index (Phi) is 4.84. The highest BCUT2D eigenvalue weighted by Gasteiger charge is 2.19. The van der Waals surface area contributed by atoms with Crippen LogP contribution in [0.2, 0.25) is 0 Å². The van der Waals surface area contributed by atoms with E-state index >= 15 is 0 Å². The number of non-ortho nitro benzene ring substituents is 1. The molecule has 1 aliphatic rings. The van der Waals surface area contributed by atoms with E-state index in [-0.39, 0.29) is 33.2 Å². The Balaban J connectivity index is 1.76. The van der Waals surface area contributed by atoms with Crippen LogP contribution in [0.4, 0.5) is 11.4 Å². The molecule has 2 heterocycles. The molecule has 3 aromatic rings. The number of benzene rings is 2. The van der Waals surface area contributed by atoms with Crippen molar-refractivity contribution in [2.24, 2.45) is 0 Å². The number of aromatic amines is 1. The van der Waals surface area contributed by atoms with Crippen LogP contribution in [0.1, 0.15) is 0 Å². The Hall–Kier alpha value is -3.17. The van der Waals surface area contributed by atoms with Gasteiger partial charge in [0.15, 0.2) is 5.43 Å². The zero-order valence-corrected chi connectivity index (χ0v) is 15.1. The highest BCUT2D eigenvalue weighted by Crippen LogP contribution is 2.30. The Morgan fingerprint density at radius 3 is 2.79 bits per heavy atom. The van der Waals surface area contributed by atoms with E-state index in [0.29, 0.717) is 31.0 Å². The van der Waals surface area contributed by atoms with Gasteiger partial charge in [-0.2, -0.15) is 0 Å². The number of hydrogen-bond acceptors (Lipinski definition) is 7. The molecule has 0 unspecified atom stereocenters. The number of nitrogens with one attached hydrogen (secondary N) is 2. The van der Waals surface area contributed by atoms with E-state index in [0.717, 1.165) is 19.6 Å². The first-order valence-corrected chi connectivity index (χ1v) is 9.04. The quantitative estimate of drug-likeness (QED) is 0.350. The number of phenolic OH excluding ortho intramolecular Hbond substituents is 1. The molecule has 2 aromatic carbocycles. The maximum atomic E-state index is 13.1. The smallest absolute Gasteiger partial charge is 0.293 e. The minimum Gasteiger partial charge on any atom is -0.508 e. The highest BCUT2D eigenvalue weighted by atomic mass is 16.6. The van der Waals surface area contributed by atoms with Crippen LogP contribution in [-0.2, 0) is 4.74 Å². The van der Waals surface area contributed by atoms with Gasteiger partial charge in [0.2, 0.25) is 0 Å². The number of H-pyrrole nitrogens is 1. The maximum absolute atomic E-state index is 13.1. The van der Waals surface area contributed by atoms with Crippen molar-refractivity contribution >= 4 is 33.2 Å². The van der Waals surface area contributed by atoms with Crippen molar-refractivity contribution in [3.05, 3.63) is 50.7 Å². The number of rotatable bonds is 5. The van der Waals surface area contributed by atoms with Crippen LogP contribution in [0, 0.1) is 10.1 Å². The highest BCUT2D eigenvalue weighted by molar-refractivity contribution is 6.03. The van der Waals surface area contributed by atoms with E-state index in [1.165, 1.54) is 24.3 Å². The summed E-state index contributed by atoms with van der Waals surface area (Å²) in [5.74, 6) is -0.0374. The van der Waals surface area contributed by atoms with Crippen molar-refractivity contribution in [3.8, 4) is 5.75 Å². The van der Waals surface area contributed by atoms with Gasteiger partial charge in [-0.3, -0.25) is 19.8 Å². The molecule has 146 valence electrons. The lowest BCUT2D eigenvalue weighted by Crippen LogP contribution is -2.39. The van der Waals surface area contributed by atoms with Gasteiger partial charge in [0.1, 0.15) is 11.3 Å². The lowest BCUT2D eigenvalue weighted by atomic mass is 10.1. The predicted octanol–water partition coefficient (Wildman–Crippen LogP) is 2.04. The van der Waals surface area contributed by atoms with Crippen molar-refractivity contribution in [1.29, 1.82) is 0 Å². The number of aromatic nitrogens is 1. The number of morpholine rings is 1. The molecular formula is C19H20N4O5. The van der Waals surface area contributed by atoms with Gasteiger partial charge in [-0.05, 0) is 24.3 Å². The first-order chi connectivity index (χ1) is 13.5. The van der Waals surface area contributed by atoms with Crippen LogP contribution in [-0.4, -0.2) is 59.3 Å². The second-order valence-electron chi connectivity index (χ2n) is 6.70. The number of nitro groups is 1. The number of aromatic hydroxyl groups is 1. The molecule has 1 fully saturated rings. The van der Waals surface area contributed by atoms with Crippen LogP contribution < -0.4 is 10.7 Å². The van der Waals surface area contributed by atoms with Crippen molar-refractivity contribution in [2.75, 3.05) is 44.7 Å². The molecule has 0 saturated carbocycles. The minimum atomic E-state index is -0.512. The van der Waals surface area contributed by atoms with Gasteiger partial charge in [-0.15, -0.1) is 0 Å². The second kappa shape index (κ2) is 7.45. The number of nitrogens with zero attached hydrogens (tertiary/aromatic N) is 2. The third-order valence-corrected chi connectivity index (χ3v) is 4.96. The molecule has 0 bridgehead atoms. The first-order valence-electron chi connectivity index (χ1n) is 9.04. The normalized spacial score (nSPS) is 15.1. The number of pyridine rings is 1. The summed E-state index contributed by atoms with van der Waals surface area (Å²) < 4.78 is 5.33. The molecule has 0 radical (unpaired) electrons. The maximum Gasteiger partial charge on any atom is 0.293 e. The Morgan fingerprint density at radius 1 is 1.25 bits per heavy atom. The average Bonchev–Trinajstić information content (AvgIpc) is 2.69. The lowest BCUT2D eigenvalue weighted by molar-refractivity contribution is -0.383. The molecule has 0 atom stereocenters. The fourth-order valence-electron chi connectivity index (χ4n) is 3.53.